The molecule has 0 aromatic rings. The number of morpholine rings is 1. The normalized spacial score (nSPS) is 37.5. The predicted octanol–water partition coefficient (Wildman–Crippen LogP) is 1.61. The summed E-state index contributed by atoms with van der Waals surface area (Å²) in [7, 11) is 0. The Kier molecular flexibility index (Phi) is 4.62. The molecule has 1 aliphatic carbocycles. The standard InChI is InChI=1S/C13H26N2O/c1-2-11-3-5-12(6-4-11)15-7-8-16-13(9-14)10-15/h11-13H,2-10,14H2,1H3. The van der Waals surface area contributed by atoms with Gasteiger partial charge in [0.25, 0.3) is 0 Å². The van der Waals surface area contributed by atoms with Crippen molar-refractivity contribution in [1.82, 2.24) is 4.90 Å². The van der Waals surface area contributed by atoms with Crippen LogP contribution in [0.1, 0.15) is 39.0 Å². The van der Waals surface area contributed by atoms with Crippen LogP contribution in [0.5, 0.6) is 0 Å². The first-order valence-electron chi connectivity index (χ1n) is 6.89. The minimum absolute atomic E-state index is 0.276. The first-order valence-corrected chi connectivity index (χ1v) is 6.89. The van der Waals surface area contributed by atoms with Crippen LogP contribution in [0, 0.1) is 5.92 Å². The van der Waals surface area contributed by atoms with Crippen molar-refractivity contribution < 1.29 is 4.74 Å². The minimum Gasteiger partial charge on any atom is -0.374 e. The van der Waals surface area contributed by atoms with Gasteiger partial charge in [0.1, 0.15) is 0 Å². The molecule has 94 valence electrons. The average molecular weight is 226 g/mol. The molecule has 0 bridgehead atoms. The van der Waals surface area contributed by atoms with Crippen molar-refractivity contribution in [1.29, 1.82) is 0 Å². The second kappa shape index (κ2) is 5.99. The van der Waals surface area contributed by atoms with Gasteiger partial charge in [-0.3, -0.25) is 4.90 Å². The summed E-state index contributed by atoms with van der Waals surface area (Å²) in [6, 6.07) is 0.806. The summed E-state index contributed by atoms with van der Waals surface area (Å²) in [5.74, 6) is 0.989. The second-order valence-corrected chi connectivity index (χ2v) is 5.31. The SMILES string of the molecule is CCC1CCC(N2CCOC(CN)C2)CC1. The summed E-state index contributed by atoms with van der Waals surface area (Å²) in [4.78, 5) is 2.62. The molecular formula is C13H26N2O. The second-order valence-electron chi connectivity index (χ2n) is 5.31. The van der Waals surface area contributed by atoms with Crippen LogP contribution in [0.4, 0.5) is 0 Å². The van der Waals surface area contributed by atoms with E-state index >= 15 is 0 Å². The van der Waals surface area contributed by atoms with E-state index in [-0.39, 0.29) is 6.10 Å². The summed E-state index contributed by atoms with van der Waals surface area (Å²) < 4.78 is 5.62. The molecule has 1 atom stereocenters. The first-order chi connectivity index (χ1) is 7.83. The zero-order valence-corrected chi connectivity index (χ0v) is 10.5. The van der Waals surface area contributed by atoms with Crippen LogP contribution in [0.2, 0.25) is 0 Å². The molecule has 16 heavy (non-hydrogen) atoms. The molecule has 1 heterocycles. The Hall–Kier alpha value is -0.120. The molecule has 2 aliphatic rings. The van der Waals surface area contributed by atoms with E-state index in [0.717, 1.165) is 31.7 Å². The van der Waals surface area contributed by atoms with Crippen LogP contribution in [-0.2, 0) is 4.74 Å². The van der Waals surface area contributed by atoms with E-state index in [9.17, 15) is 0 Å². The van der Waals surface area contributed by atoms with Gasteiger partial charge in [0, 0.05) is 25.7 Å². The summed E-state index contributed by atoms with van der Waals surface area (Å²) in [5.41, 5.74) is 5.69. The van der Waals surface area contributed by atoms with Crippen molar-refractivity contribution in [3.05, 3.63) is 0 Å². The Morgan fingerprint density at radius 3 is 2.62 bits per heavy atom. The van der Waals surface area contributed by atoms with Gasteiger partial charge in [-0.15, -0.1) is 0 Å². The Labute approximate surface area is 99.3 Å². The monoisotopic (exact) mass is 226 g/mol. The highest BCUT2D eigenvalue weighted by Crippen LogP contribution is 2.30. The third kappa shape index (κ3) is 2.96. The summed E-state index contributed by atoms with van der Waals surface area (Å²) in [6.45, 7) is 6.02. The molecule has 0 amide bonds. The number of ether oxygens (including phenoxy) is 1. The van der Waals surface area contributed by atoms with Crippen molar-refractivity contribution in [3.8, 4) is 0 Å². The third-order valence-electron chi connectivity index (χ3n) is 4.34. The molecular weight excluding hydrogens is 200 g/mol. The molecule has 2 N–H and O–H groups in total. The molecule has 3 heteroatoms. The van der Waals surface area contributed by atoms with Crippen LogP contribution in [0.25, 0.3) is 0 Å². The van der Waals surface area contributed by atoms with Gasteiger partial charge in [-0.05, 0) is 31.6 Å². The van der Waals surface area contributed by atoms with Crippen LogP contribution in [-0.4, -0.2) is 43.3 Å². The molecule has 0 radical (unpaired) electrons. The number of nitrogens with two attached hydrogens (primary N) is 1. The topological polar surface area (TPSA) is 38.5 Å². The van der Waals surface area contributed by atoms with Gasteiger partial charge < -0.3 is 10.5 Å². The lowest BCUT2D eigenvalue weighted by atomic mass is 9.84. The summed E-state index contributed by atoms with van der Waals surface area (Å²) in [6.07, 6.45) is 7.25. The maximum absolute atomic E-state index is 5.69. The summed E-state index contributed by atoms with van der Waals surface area (Å²) in [5, 5.41) is 0. The molecule has 1 unspecified atom stereocenters. The molecule has 0 aromatic carbocycles. The Balaban J connectivity index is 1.79. The lowest BCUT2D eigenvalue weighted by Gasteiger charge is -2.41. The Bertz CT molecular complexity index is 202. The number of hydrogen-bond donors (Lipinski definition) is 1. The van der Waals surface area contributed by atoms with E-state index in [1.54, 1.807) is 0 Å². The molecule has 0 aromatic heterocycles. The largest absolute Gasteiger partial charge is 0.374 e. The number of rotatable bonds is 3. The highest BCUT2D eigenvalue weighted by Gasteiger charge is 2.28. The number of nitrogens with zero attached hydrogens (tertiary/aromatic N) is 1. The first kappa shape index (κ1) is 12.3. The van der Waals surface area contributed by atoms with E-state index < -0.39 is 0 Å². The molecule has 1 aliphatic heterocycles. The minimum atomic E-state index is 0.276. The predicted molar refractivity (Wildman–Crippen MR) is 66.4 cm³/mol. The van der Waals surface area contributed by atoms with Crippen molar-refractivity contribution in [2.24, 2.45) is 11.7 Å². The van der Waals surface area contributed by atoms with Gasteiger partial charge in [0.2, 0.25) is 0 Å². The van der Waals surface area contributed by atoms with E-state index in [0.29, 0.717) is 6.54 Å². The van der Waals surface area contributed by atoms with Gasteiger partial charge in [-0.25, -0.2) is 0 Å². The average Bonchev–Trinajstić information content (AvgIpc) is 2.39. The highest BCUT2D eigenvalue weighted by atomic mass is 16.5. The summed E-state index contributed by atoms with van der Waals surface area (Å²) >= 11 is 0. The van der Waals surface area contributed by atoms with Crippen LogP contribution in [0.15, 0.2) is 0 Å². The molecule has 2 fully saturated rings. The molecule has 0 spiro atoms. The van der Waals surface area contributed by atoms with Crippen molar-refractivity contribution >= 4 is 0 Å². The van der Waals surface area contributed by atoms with Crippen molar-refractivity contribution in [2.45, 2.75) is 51.2 Å². The fourth-order valence-corrected chi connectivity index (χ4v) is 3.13. The fraction of sp³-hybridized carbons (Fsp3) is 1.00. The van der Waals surface area contributed by atoms with Crippen LogP contribution >= 0.6 is 0 Å². The maximum Gasteiger partial charge on any atom is 0.0824 e. The van der Waals surface area contributed by atoms with Gasteiger partial charge in [0.05, 0.1) is 12.7 Å². The van der Waals surface area contributed by atoms with Gasteiger partial charge in [-0.1, -0.05) is 13.3 Å². The third-order valence-corrected chi connectivity index (χ3v) is 4.34. The molecule has 2 rings (SSSR count). The fourth-order valence-electron chi connectivity index (χ4n) is 3.13. The van der Waals surface area contributed by atoms with Crippen molar-refractivity contribution in [2.75, 3.05) is 26.2 Å². The van der Waals surface area contributed by atoms with E-state index in [1.165, 1.54) is 32.1 Å². The highest BCUT2D eigenvalue weighted by molar-refractivity contribution is 4.83. The number of hydrogen-bond acceptors (Lipinski definition) is 3. The molecule has 1 saturated carbocycles. The van der Waals surface area contributed by atoms with E-state index in [4.69, 9.17) is 10.5 Å². The smallest absolute Gasteiger partial charge is 0.0824 e. The Morgan fingerprint density at radius 2 is 2.00 bits per heavy atom. The van der Waals surface area contributed by atoms with Gasteiger partial charge in [0.15, 0.2) is 0 Å². The van der Waals surface area contributed by atoms with E-state index in [1.807, 2.05) is 0 Å². The lowest BCUT2D eigenvalue weighted by Crippen LogP contribution is -2.50. The Morgan fingerprint density at radius 1 is 1.25 bits per heavy atom. The van der Waals surface area contributed by atoms with Crippen LogP contribution < -0.4 is 5.73 Å². The van der Waals surface area contributed by atoms with Crippen molar-refractivity contribution in [3.63, 3.8) is 0 Å². The lowest BCUT2D eigenvalue weighted by molar-refractivity contribution is -0.0455. The maximum atomic E-state index is 5.69. The van der Waals surface area contributed by atoms with Gasteiger partial charge >= 0.3 is 0 Å². The van der Waals surface area contributed by atoms with E-state index in [2.05, 4.69) is 11.8 Å². The molecule has 1 saturated heterocycles. The molecule has 3 nitrogen and oxygen atoms in total. The zero-order chi connectivity index (χ0) is 11.4. The zero-order valence-electron chi connectivity index (χ0n) is 10.5. The van der Waals surface area contributed by atoms with Crippen LogP contribution in [0.3, 0.4) is 0 Å². The quantitative estimate of drug-likeness (QED) is 0.794. The van der Waals surface area contributed by atoms with Gasteiger partial charge in [-0.2, -0.15) is 0 Å².